The fourth-order valence-corrected chi connectivity index (χ4v) is 2.03. The van der Waals surface area contributed by atoms with E-state index in [1.54, 1.807) is 30.3 Å². The molecule has 0 atom stereocenters. The third-order valence-corrected chi connectivity index (χ3v) is 2.71. The number of furan rings is 1. The molecule has 5 heteroatoms. The number of rotatable bonds is 3. The Balaban J connectivity index is 2.32. The molecule has 0 spiro atoms. The summed E-state index contributed by atoms with van der Waals surface area (Å²) in [5.74, 6) is 1.14. The van der Waals surface area contributed by atoms with Gasteiger partial charge >= 0.3 is 0 Å². The van der Waals surface area contributed by atoms with Crippen molar-refractivity contribution >= 4 is 46.1 Å². The fraction of sp³-hybridized carbons (Fsp3) is 0. The van der Waals surface area contributed by atoms with Crippen molar-refractivity contribution in [2.45, 2.75) is 0 Å². The molecule has 1 aromatic heterocycles. The SMILES string of the molecule is O=C(Cl)C=Cc1ccc(-c2cc(Cl)cc(Cl)c2)o1. The molecule has 0 saturated carbocycles. The highest BCUT2D eigenvalue weighted by molar-refractivity contribution is 6.66. The lowest BCUT2D eigenvalue weighted by atomic mass is 10.2. The molecule has 18 heavy (non-hydrogen) atoms. The van der Waals surface area contributed by atoms with Gasteiger partial charge in [-0.25, -0.2) is 0 Å². The number of allylic oxidation sites excluding steroid dienone is 1. The minimum absolute atomic E-state index is 0.523. The Kier molecular flexibility index (Phi) is 4.12. The number of hydrogen-bond acceptors (Lipinski definition) is 2. The van der Waals surface area contributed by atoms with E-state index in [-0.39, 0.29) is 0 Å². The van der Waals surface area contributed by atoms with Gasteiger partial charge < -0.3 is 4.42 Å². The van der Waals surface area contributed by atoms with Crippen molar-refractivity contribution in [3.05, 3.63) is 52.2 Å². The van der Waals surface area contributed by atoms with Crippen LogP contribution in [0.5, 0.6) is 0 Å². The molecule has 1 aromatic carbocycles. The highest BCUT2D eigenvalue weighted by Crippen LogP contribution is 2.28. The van der Waals surface area contributed by atoms with Crippen molar-refractivity contribution in [3.63, 3.8) is 0 Å². The van der Waals surface area contributed by atoms with Crippen LogP contribution in [0.4, 0.5) is 0 Å². The third-order valence-electron chi connectivity index (χ3n) is 2.15. The van der Waals surface area contributed by atoms with E-state index in [1.807, 2.05) is 0 Å². The monoisotopic (exact) mass is 300 g/mol. The molecule has 2 nitrogen and oxygen atoms in total. The van der Waals surface area contributed by atoms with Crippen LogP contribution in [0, 0.1) is 0 Å². The first-order valence-electron chi connectivity index (χ1n) is 4.98. The van der Waals surface area contributed by atoms with Crippen molar-refractivity contribution in [1.29, 1.82) is 0 Å². The van der Waals surface area contributed by atoms with E-state index in [0.29, 0.717) is 21.6 Å². The summed E-state index contributed by atoms with van der Waals surface area (Å²) in [5.41, 5.74) is 0.768. The Morgan fingerprint density at radius 3 is 2.39 bits per heavy atom. The molecule has 0 unspecified atom stereocenters. The van der Waals surface area contributed by atoms with Crippen LogP contribution in [-0.2, 0) is 4.79 Å². The van der Waals surface area contributed by atoms with Gasteiger partial charge in [0.2, 0.25) is 5.24 Å². The van der Waals surface area contributed by atoms with E-state index >= 15 is 0 Å². The van der Waals surface area contributed by atoms with Gasteiger partial charge in [-0.15, -0.1) is 0 Å². The van der Waals surface area contributed by atoms with Crippen molar-refractivity contribution in [1.82, 2.24) is 0 Å². The van der Waals surface area contributed by atoms with Crippen LogP contribution in [0.2, 0.25) is 10.0 Å². The number of carbonyl (C=O) groups is 1. The summed E-state index contributed by atoms with van der Waals surface area (Å²) in [4.78, 5) is 10.6. The van der Waals surface area contributed by atoms with Gasteiger partial charge in [-0.05, 0) is 48.0 Å². The number of benzene rings is 1. The van der Waals surface area contributed by atoms with E-state index in [2.05, 4.69) is 0 Å². The van der Waals surface area contributed by atoms with E-state index in [0.717, 1.165) is 5.56 Å². The number of carbonyl (C=O) groups excluding carboxylic acids is 1. The minimum Gasteiger partial charge on any atom is -0.457 e. The van der Waals surface area contributed by atoms with Crippen molar-refractivity contribution in [2.75, 3.05) is 0 Å². The lowest BCUT2D eigenvalue weighted by Gasteiger charge is -1.99. The van der Waals surface area contributed by atoms with Crippen LogP contribution in [-0.4, -0.2) is 5.24 Å². The summed E-state index contributed by atoms with van der Waals surface area (Å²) in [5, 5.41) is 0.502. The van der Waals surface area contributed by atoms with Gasteiger partial charge in [-0.1, -0.05) is 23.2 Å². The summed E-state index contributed by atoms with van der Waals surface area (Å²) < 4.78 is 5.52. The van der Waals surface area contributed by atoms with Crippen LogP contribution in [0.25, 0.3) is 17.4 Å². The zero-order chi connectivity index (χ0) is 13.1. The predicted octanol–water partition coefficient (Wildman–Crippen LogP) is 5.03. The first kappa shape index (κ1) is 13.2. The molecular formula is C13H7Cl3O2. The van der Waals surface area contributed by atoms with Crippen LogP contribution in [0.15, 0.2) is 40.8 Å². The Morgan fingerprint density at radius 1 is 1.11 bits per heavy atom. The molecule has 0 radical (unpaired) electrons. The van der Waals surface area contributed by atoms with Gasteiger partial charge in [0.15, 0.2) is 0 Å². The van der Waals surface area contributed by atoms with Crippen molar-refractivity contribution < 1.29 is 9.21 Å². The van der Waals surface area contributed by atoms with E-state index in [9.17, 15) is 4.79 Å². The van der Waals surface area contributed by atoms with Gasteiger partial charge in [0.25, 0.3) is 0 Å². The second kappa shape index (κ2) is 5.61. The van der Waals surface area contributed by atoms with E-state index in [1.165, 1.54) is 12.2 Å². The lowest BCUT2D eigenvalue weighted by Crippen LogP contribution is -1.75. The molecule has 0 fully saturated rings. The zero-order valence-electron chi connectivity index (χ0n) is 8.99. The van der Waals surface area contributed by atoms with Crippen LogP contribution >= 0.6 is 34.8 Å². The summed E-state index contributed by atoms with van der Waals surface area (Å²) in [6, 6.07) is 8.61. The van der Waals surface area contributed by atoms with E-state index in [4.69, 9.17) is 39.2 Å². The molecule has 2 rings (SSSR count). The van der Waals surface area contributed by atoms with Crippen molar-refractivity contribution in [2.24, 2.45) is 0 Å². The van der Waals surface area contributed by atoms with Gasteiger partial charge in [0.05, 0.1) is 0 Å². The molecule has 0 aliphatic heterocycles. The molecule has 0 amide bonds. The minimum atomic E-state index is -0.557. The molecule has 0 N–H and O–H groups in total. The fourth-order valence-electron chi connectivity index (χ4n) is 1.44. The molecule has 0 bridgehead atoms. The summed E-state index contributed by atoms with van der Waals surface area (Å²) in [7, 11) is 0. The Morgan fingerprint density at radius 2 is 1.78 bits per heavy atom. The van der Waals surface area contributed by atoms with Gasteiger partial charge in [-0.2, -0.15) is 0 Å². The maximum absolute atomic E-state index is 10.6. The molecule has 92 valence electrons. The molecule has 0 aliphatic rings. The maximum Gasteiger partial charge on any atom is 0.245 e. The highest BCUT2D eigenvalue weighted by atomic mass is 35.5. The average Bonchev–Trinajstić information content (AvgIpc) is 2.73. The molecule has 0 saturated heterocycles. The molecule has 1 heterocycles. The van der Waals surface area contributed by atoms with E-state index < -0.39 is 5.24 Å². The second-order valence-electron chi connectivity index (χ2n) is 3.50. The smallest absolute Gasteiger partial charge is 0.245 e. The molecule has 0 aliphatic carbocycles. The Hall–Kier alpha value is -1.22. The number of hydrogen-bond donors (Lipinski definition) is 0. The summed E-state index contributed by atoms with van der Waals surface area (Å²) in [6.07, 6.45) is 2.71. The first-order chi connectivity index (χ1) is 8.54. The predicted molar refractivity (Wildman–Crippen MR) is 74.1 cm³/mol. The van der Waals surface area contributed by atoms with Gasteiger partial charge in [0.1, 0.15) is 11.5 Å². The lowest BCUT2D eigenvalue weighted by molar-refractivity contribution is -0.107. The maximum atomic E-state index is 10.6. The molecule has 2 aromatic rings. The van der Waals surface area contributed by atoms with Crippen molar-refractivity contribution in [3.8, 4) is 11.3 Å². The van der Waals surface area contributed by atoms with Crippen LogP contribution in [0.1, 0.15) is 5.76 Å². The van der Waals surface area contributed by atoms with Gasteiger partial charge in [-0.3, -0.25) is 4.79 Å². The second-order valence-corrected chi connectivity index (χ2v) is 4.74. The largest absolute Gasteiger partial charge is 0.457 e. The summed E-state index contributed by atoms with van der Waals surface area (Å²) >= 11 is 17.0. The van der Waals surface area contributed by atoms with Gasteiger partial charge in [0, 0.05) is 21.7 Å². The topological polar surface area (TPSA) is 30.2 Å². The Bertz CT molecular complexity index is 594. The highest BCUT2D eigenvalue weighted by Gasteiger charge is 2.05. The standard InChI is InChI=1S/C13H7Cl3O2/c14-9-5-8(6-10(15)7-9)12-3-1-11(18-12)2-4-13(16)17/h1-7H. The molecular weight excluding hydrogens is 295 g/mol. The first-order valence-corrected chi connectivity index (χ1v) is 6.12. The third kappa shape index (κ3) is 3.39. The summed E-state index contributed by atoms with van der Waals surface area (Å²) in [6.45, 7) is 0. The van der Waals surface area contributed by atoms with Crippen LogP contribution in [0.3, 0.4) is 0 Å². The Labute approximate surface area is 119 Å². The average molecular weight is 302 g/mol. The normalized spacial score (nSPS) is 11.1. The zero-order valence-corrected chi connectivity index (χ0v) is 11.3. The van der Waals surface area contributed by atoms with Crippen LogP contribution < -0.4 is 0 Å². The number of halogens is 3. The quantitative estimate of drug-likeness (QED) is 0.588.